The first-order valence-electron chi connectivity index (χ1n) is 9.43. The molecule has 5 nitrogen and oxygen atoms in total. The van der Waals surface area contributed by atoms with Gasteiger partial charge in [-0.25, -0.2) is 4.98 Å². The van der Waals surface area contributed by atoms with Gasteiger partial charge in [0, 0.05) is 30.6 Å². The van der Waals surface area contributed by atoms with Crippen LogP contribution in [0.3, 0.4) is 0 Å². The zero-order chi connectivity index (χ0) is 19.7. The van der Waals surface area contributed by atoms with Crippen LogP contribution in [-0.2, 0) is 19.1 Å². The van der Waals surface area contributed by atoms with Gasteiger partial charge >= 0.3 is 6.18 Å². The van der Waals surface area contributed by atoms with Gasteiger partial charge in [-0.1, -0.05) is 12.1 Å². The molecule has 4 heterocycles. The standard InChI is InChI=1S/C20H21F3N4O/c1-2-15-11-16(20(21,22)23)17-18(26-28-19(17)25-15)14-5-9-27(10-6-14)12-13-3-7-24-8-4-13/h3-4,7-8,11,14H,2,5-6,9-10,12H2,1H3. The number of aromatic nitrogens is 3. The molecule has 0 bridgehead atoms. The summed E-state index contributed by atoms with van der Waals surface area (Å²) in [6.07, 6.45) is 0.939. The van der Waals surface area contributed by atoms with Crippen molar-refractivity contribution in [3.8, 4) is 0 Å². The first-order chi connectivity index (χ1) is 13.5. The molecule has 148 valence electrons. The number of alkyl halides is 3. The minimum atomic E-state index is -4.46. The van der Waals surface area contributed by atoms with Crippen LogP contribution in [0.1, 0.15) is 48.2 Å². The summed E-state index contributed by atoms with van der Waals surface area (Å²) in [6.45, 7) is 4.17. The summed E-state index contributed by atoms with van der Waals surface area (Å²) in [5, 5.41) is 4.04. The molecule has 0 amide bonds. The van der Waals surface area contributed by atoms with Gasteiger partial charge in [-0.2, -0.15) is 13.2 Å². The van der Waals surface area contributed by atoms with E-state index in [0.29, 0.717) is 17.8 Å². The summed E-state index contributed by atoms with van der Waals surface area (Å²) in [6, 6.07) is 5.08. The van der Waals surface area contributed by atoms with Crippen molar-refractivity contribution in [3.63, 3.8) is 0 Å². The lowest BCUT2D eigenvalue weighted by molar-refractivity contribution is -0.136. The van der Waals surface area contributed by atoms with Gasteiger partial charge in [-0.3, -0.25) is 9.88 Å². The molecular formula is C20H21F3N4O. The van der Waals surface area contributed by atoms with Crippen LogP contribution in [0.4, 0.5) is 13.2 Å². The molecule has 0 spiro atoms. The largest absolute Gasteiger partial charge is 0.417 e. The number of halogens is 3. The molecule has 3 aromatic heterocycles. The van der Waals surface area contributed by atoms with Crippen molar-refractivity contribution in [1.29, 1.82) is 0 Å². The zero-order valence-corrected chi connectivity index (χ0v) is 15.5. The van der Waals surface area contributed by atoms with Crippen molar-refractivity contribution in [3.05, 3.63) is 53.1 Å². The monoisotopic (exact) mass is 390 g/mol. The molecule has 1 fully saturated rings. The average Bonchev–Trinajstić information content (AvgIpc) is 3.11. The van der Waals surface area contributed by atoms with Crippen LogP contribution in [0.5, 0.6) is 0 Å². The van der Waals surface area contributed by atoms with Gasteiger partial charge in [0.05, 0.1) is 16.6 Å². The van der Waals surface area contributed by atoms with Gasteiger partial charge in [0.15, 0.2) is 0 Å². The molecule has 0 N–H and O–H groups in total. The quantitative estimate of drug-likeness (QED) is 0.653. The predicted octanol–water partition coefficient (Wildman–Crippen LogP) is 4.58. The van der Waals surface area contributed by atoms with E-state index in [9.17, 15) is 13.2 Å². The Kier molecular flexibility index (Phi) is 5.05. The van der Waals surface area contributed by atoms with E-state index in [1.165, 1.54) is 5.56 Å². The molecule has 0 unspecified atom stereocenters. The minimum Gasteiger partial charge on any atom is -0.336 e. The average molecular weight is 390 g/mol. The summed E-state index contributed by atoms with van der Waals surface area (Å²) in [4.78, 5) is 10.5. The summed E-state index contributed by atoms with van der Waals surface area (Å²) < 4.78 is 46.2. The fourth-order valence-electron chi connectivity index (χ4n) is 3.82. The van der Waals surface area contributed by atoms with Crippen LogP contribution in [0.15, 0.2) is 35.1 Å². The number of pyridine rings is 2. The third kappa shape index (κ3) is 3.73. The topological polar surface area (TPSA) is 55.1 Å². The van der Waals surface area contributed by atoms with Crippen LogP contribution in [0, 0.1) is 0 Å². The summed E-state index contributed by atoms with van der Waals surface area (Å²) in [5.74, 6) is -0.0645. The fraction of sp³-hybridized carbons (Fsp3) is 0.450. The van der Waals surface area contributed by atoms with Gasteiger partial charge in [-0.15, -0.1) is 0 Å². The normalized spacial score (nSPS) is 16.7. The Hall–Kier alpha value is -2.48. The Balaban J connectivity index is 1.57. The van der Waals surface area contributed by atoms with E-state index in [0.717, 1.165) is 38.5 Å². The number of hydrogen-bond acceptors (Lipinski definition) is 5. The van der Waals surface area contributed by atoms with E-state index in [-0.39, 0.29) is 17.0 Å². The smallest absolute Gasteiger partial charge is 0.336 e. The highest BCUT2D eigenvalue weighted by molar-refractivity contribution is 5.81. The van der Waals surface area contributed by atoms with Crippen molar-refractivity contribution in [2.24, 2.45) is 0 Å². The van der Waals surface area contributed by atoms with Crippen molar-refractivity contribution in [2.75, 3.05) is 13.1 Å². The van der Waals surface area contributed by atoms with Crippen LogP contribution in [-0.4, -0.2) is 33.1 Å². The number of likely N-dealkylation sites (tertiary alicyclic amines) is 1. The molecular weight excluding hydrogens is 369 g/mol. The van der Waals surface area contributed by atoms with E-state index in [2.05, 4.69) is 20.0 Å². The number of rotatable bonds is 4. The Morgan fingerprint density at radius 3 is 2.54 bits per heavy atom. The Morgan fingerprint density at radius 2 is 1.89 bits per heavy atom. The van der Waals surface area contributed by atoms with E-state index >= 15 is 0 Å². The first-order valence-corrected chi connectivity index (χ1v) is 9.43. The summed E-state index contributed by atoms with van der Waals surface area (Å²) >= 11 is 0. The highest BCUT2D eigenvalue weighted by Gasteiger charge is 2.37. The van der Waals surface area contributed by atoms with Crippen molar-refractivity contribution < 1.29 is 17.7 Å². The van der Waals surface area contributed by atoms with Crippen LogP contribution in [0.2, 0.25) is 0 Å². The van der Waals surface area contributed by atoms with Gasteiger partial charge in [-0.05, 0) is 56.1 Å². The lowest BCUT2D eigenvalue weighted by Gasteiger charge is -2.31. The maximum absolute atomic E-state index is 13.7. The number of fused-ring (bicyclic) bond motifs is 1. The van der Waals surface area contributed by atoms with E-state index in [4.69, 9.17) is 4.52 Å². The molecule has 0 saturated carbocycles. The predicted molar refractivity (Wildman–Crippen MR) is 97.7 cm³/mol. The molecule has 1 aliphatic heterocycles. The number of nitrogens with zero attached hydrogens (tertiary/aromatic N) is 4. The van der Waals surface area contributed by atoms with Gasteiger partial charge < -0.3 is 4.52 Å². The van der Waals surface area contributed by atoms with Crippen LogP contribution in [0.25, 0.3) is 11.1 Å². The lowest BCUT2D eigenvalue weighted by Crippen LogP contribution is -2.32. The van der Waals surface area contributed by atoms with Crippen molar-refractivity contribution >= 4 is 11.1 Å². The van der Waals surface area contributed by atoms with E-state index in [1.807, 2.05) is 12.1 Å². The van der Waals surface area contributed by atoms with Crippen LogP contribution >= 0.6 is 0 Å². The number of hydrogen-bond donors (Lipinski definition) is 0. The molecule has 28 heavy (non-hydrogen) atoms. The molecule has 0 atom stereocenters. The molecule has 1 aliphatic rings. The van der Waals surface area contributed by atoms with Gasteiger partial charge in [0.1, 0.15) is 0 Å². The minimum absolute atomic E-state index is 0.0131. The molecule has 0 aliphatic carbocycles. The van der Waals surface area contributed by atoms with Crippen molar-refractivity contribution in [1.82, 2.24) is 20.0 Å². The molecule has 4 rings (SSSR count). The Labute approximate surface area is 160 Å². The van der Waals surface area contributed by atoms with Crippen LogP contribution < -0.4 is 0 Å². The third-order valence-electron chi connectivity index (χ3n) is 5.32. The SMILES string of the molecule is CCc1cc(C(F)(F)F)c2c(C3CCN(Cc4ccncc4)CC3)noc2n1. The highest BCUT2D eigenvalue weighted by atomic mass is 19.4. The van der Waals surface area contributed by atoms with Gasteiger partial charge in [0.2, 0.25) is 0 Å². The molecule has 3 aromatic rings. The molecule has 0 aromatic carbocycles. The molecule has 8 heteroatoms. The molecule has 1 saturated heterocycles. The summed E-state index contributed by atoms with van der Waals surface area (Å²) in [7, 11) is 0. The zero-order valence-electron chi connectivity index (χ0n) is 15.5. The van der Waals surface area contributed by atoms with E-state index < -0.39 is 11.7 Å². The maximum Gasteiger partial charge on any atom is 0.417 e. The number of aryl methyl sites for hydroxylation is 1. The lowest BCUT2D eigenvalue weighted by atomic mass is 9.90. The highest BCUT2D eigenvalue weighted by Crippen LogP contribution is 2.40. The third-order valence-corrected chi connectivity index (χ3v) is 5.32. The second kappa shape index (κ2) is 7.50. The molecule has 0 radical (unpaired) electrons. The fourth-order valence-corrected chi connectivity index (χ4v) is 3.82. The van der Waals surface area contributed by atoms with Crippen molar-refractivity contribution in [2.45, 2.75) is 44.8 Å². The maximum atomic E-state index is 13.7. The first kappa shape index (κ1) is 18.9. The van der Waals surface area contributed by atoms with E-state index in [1.54, 1.807) is 19.3 Å². The second-order valence-corrected chi connectivity index (χ2v) is 7.17. The second-order valence-electron chi connectivity index (χ2n) is 7.17. The Bertz CT molecular complexity index is 947. The number of piperidine rings is 1. The summed E-state index contributed by atoms with van der Waals surface area (Å²) in [5.41, 5.74) is 1.22. The van der Waals surface area contributed by atoms with Gasteiger partial charge in [0.25, 0.3) is 5.71 Å². The Morgan fingerprint density at radius 1 is 1.18 bits per heavy atom.